The maximum atomic E-state index is 13.7. The van der Waals surface area contributed by atoms with Gasteiger partial charge in [-0.2, -0.15) is 5.26 Å². The van der Waals surface area contributed by atoms with Crippen molar-refractivity contribution in [3.05, 3.63) is 118 Å². The van der Waals surface area contributed by atoms with E-state index in [4.69, 9.17) is 5.73 Å². The molecule has 0 bridgehead atoms. The fraction of sp³-hybridized carbons (Fsp3) is 0.0833. The number of Topliss-reactive ketones (excluding diaryl/α,β-unsaturated/α-hetero) is 1. The number of ketones is 1. The third kappa shape index (κ3) is 3.78. The number of hydrogen-bond donors (Lipinski definition) is 1. The molecule has 2 atom stereocenters. The molecule has 2 N–H and O–H groups in total. The predicted molar refractivity (Wildman–Crippen MR) is 123 cm³/mol. The number of nitrogens with two attached hydrogens (primary N) is 1. The van der Waals surface area contributed by atoms with Gasteiger partial charge in [-0.15, -0.1) is 0 Å². The Morgan fingerprint density at radius 1 is 0.971 bits per heavy atom. The number of nitro benzene ring substituents is 1. The Kier molecular flexibility index (Phi) is 5.88. The fourth-order valence-corrected chi connectivity index (χ4v) is 5.62. The van der Waals surface area contributed by atoms with Crippen LogP contribution in [0.25, 0.3) is 0 Å². The predicted octanol–water partition coefficient (Wildman–Crippen LogP) is 3.33. The minimum atomic E-state index is -4.33. The Bertz CT molecular complexity index is 1430. The molecule has 10 heteroatoms. The Balaban J connectivity index is 1.93. The second-order valence-electron chi connectivity index (χ2n) is 7.53. The second-order valence-corrected chi connectivity index (χ2v) is 9.34. The van der Waals surface area contributed by atoms with Crippen molar-refractivity contribution in [3.8, 4) is 6.07 Å². The zero-order valence-electron chi connectivity index (χ0n) is 17.6. The first-order valence-electron chi connectivity index (χ1n) is 10.1. The van der Waals surface area contributed by atoms with Crippen LogP contribution in [0.1, 0.15) is 21.8 Å². The van der Waals surface area contributed by atoms with E-state index in [1.807, 2.05) is 6.07 Å². The first-order chi connectivity index (χ1) is 16.3. The highest BCUT2D eigenvalue weighted by atomic mass is 32.2. The summed E-state index contributed by atoms with van der Waals surface area (Å²) in [7, 11) is -4.33. The van der Waals surface area contributed by atoms with Crippen LogP contribution < -0.4 is 5.73 Å². The van der Waals surface area contributed by atoms with Crippen molar-refractivity contribution in [1.82, 2.24) is 4.31 Å². The molecule has 3 aromatic carbocycles. The highest BCUT2D eigenvalue weighted by molar-refractivity contribution is 7.89. The van der Waals surface area contributed by atoms with Gasteiger partial charge in [0, 0.05) is 17.7 Å². The van der Waals surface area contributed by atoms with E-state index in [-0.39, 0.29) is 27.5 Å². The summed E-state index contributed by atoms with van der Waals surface area (Å²) in [5.41, 5.74) is 6.51. The molecule has 0 saturated heterocycles. The number of carbonyl (C=O) groups is 1. The number of rotatable bonds is 6. The van der Waals surface area contributed by atoms with Gasteiger partial charge in [-0.05, 0) is 17.7 Å². The molecule has 1 aliphatic rings. The number of hydrogen-bond acceptors (Lipinski definition) is 7. The van der Waals surface area contributed by atoms with Crippen molar-refractivity contribution in [2.24, 2.45) is 5.73 Å². The van der Waals surface area contributed by atoms with Crippen molar-refractivity contribution >= 4 is 21.5 Å². The molecule has 0 aliphatic carbocycles. The standard InChI is InChI=1S/C24H18N4O5S/c25-15-20-21(16-11-13-18(14-12-16)28(30)31)22(23(29)17-7-3-1-4-8-17)27(24(20)26)34(32,33)19-9-5-2-6-10-19/h1-14,21-22H,26H2. The lowest BCUT2D eigenvalue weighted by Crippen LogP contribution is -2.45. The van der Waals surface area contributed by atoms with Gasteiger partial charge >= 0.3 is 0 Å². The van der Waals surface area contributed by atoms with Crippen LogP contribution in [-0.4, -0.2) is 29.5 Å². The van der Waals surface area contributed by atoms with Crippen molar-refractivity contribution in [1.29, 1.82) is 5.26 Å². The van der Waals surface area contributed by atoms with Crippen LogP contribution in [0.4, 0.5) is 5.69 Å². The van der Waals surface area contributed by atoms with Gasteiger partial charge in [0.2, 0.25) is 0 Å². The van der Waals surface area contributed by atoms with Gasteiger partial charge < -0.3 is 5.73 Å². The molecule has 34 heavy (non-hydrogen) atoms. The van der Waals surface area contributed by atoms with E-state index in [1.54, 1.807) is 36.4 Å². The van der Waals surface area contributed by atoms with Gasteiger partial charge in [-0.25, -0.2) is 12.7 Å². The minimum absolute atomic E-state index is 0.0922. The lowest BCUT2D eigenvalue weighted by atomic mass is 9.84. The van der Waals surface area contributed by atoms with E-state index in [9.17, 15) is 28.6 Å². The lowest BCUT2D eigenvalue weighted by Gasteiger charge is -2.29. The van der Waals surface area contributed by atoms with Gasteiger partial charge in [0.25, 0.3) is 15.7 Å². The van der Waals surface area contributed by atoms with Gasteiger partial charge in [-0.1, -0.05) is 60.7 Å². The van der Waals surface area contributed by atoms with E-state index in [1.165, 1.54) is 48.5 Å². The molecule has 0 saturated carbocycles. The molecule has 9 nitrogen and oxygen atoms in total. The Hall–Kier alpha value is -4.49. The summed E-state index contributed by atoms with van der Waals surface area (Å²) in [6.45, 7) is 0. The summed E-state index contributed by atoms with van der Waals surface area (Å²) < 4.78 is 28.1. The summed E-state index contributed by atoms with van der Waals surface area (Å²) in [5.74, 6) is -1.97. The number of non-ortho nitro benzene ring substituents is 1. The maximum Gasteiger partial charge on any atom is 0.269 e. The summed E-state index contributed by atoms with van der Waals surface area (Å²) in [4.78, 5) is 24.1. The molecule has 2 unspecified atom stereocenters. The Morgan fingerprint density at radius 3 is 2.06 bits per heavy atom. The van der Waals surface area contributed by atoms with Gasteiger partial charge in [0.1, 0.15) is 11.9 Å². The molecule has 0 amide bonds. The molecule has 0 fully saturated rings. The van der Waals surface area contributed by atoms with E-state index < -0.39 is 32.7 Å². The highest BCUT2D eigenvalue weighted by Gasteiger charge is 2.50. The highest BCUT2D eigenvalue weighted by Crippen LogP contribution is 2.43. The van der Waals surface area contributed by atoms with Crippen molar-refractivity contribution in [3.63, 3.8) is 0 Å². The number of nitro groups is 1. The molecule has 1 heterocycles. The zero-order chi connectivity index (χ0) is 24.5. The molecular weight excluding hydrogens is 456 g/mol. The number of benzene rings is 3. The van der Waals surface area contributed by atoms with Gasteiger partial charge in [-0.3, -0.25) is 14.9 Å². The summed E-state index contributed by atoms with van der Waals surface area (Å²) in [6.07, 6.45) is 0. The lowest BCUT2D eigenvalue weighted by molar-refractivity contribution is -0.384. The van der Waals surface area contributed by atoms with Crippen LogP contribution in [0.3, 0.4) is 0 Å². The van der Waals surface area contributed by atoms with E-state index in [2.05, 4.69) is 0 Å². The quantitative estimate of drug-likeness (QED) is 0.327. The first-order valence-corrected chi connectivity index (χ1v) is 11.5. The summed E-state index contributed by atoms with van der Waals surface area (Å²) in [6, 6.07) is 21.4. The monoisotopic (exact) mass is 474 g/mol. The molecule has 0 radical (unpaired) electrons. The van der Waals surface area contributed by atoms with Crippen LogP contribution in [0.2, 0.25) is 0 Å². The number of sulfonamides is 1. The Labute approximate surface area is 195 Å². The average molecular weight is 474 g/mol. The smallest absolute Gasteiger partial charge is 0.269 e. The Morgan fingerprint density at radius 2 is 1.53 bits per heavy atom. The number of nitriles is 1. The van der Waals surface area contributed by atoms with Gasteiger partial charge in [0.15, 0.2) is 5.78 Å². The van der Waals surface area contributed by atoms with Gasteiger partial charge in [0.05, 0.1) is 27.4 Å². The normalized spacial score (nSPS) is 17.9. The zero-order valence-corrected chi connectivity index (χ0v) is 18.4. The van der Waals surface area contributed by atoms with Crippen LogP contribution in [0.15, 0.2) is 101 Å². The molecule has 1 aliphatic heterocycles. The SMILES string of the molecule is N#CC1=C(N)N(S(=O)(=O)c2ccccc2)C(C(=O)c2ccccc2)C1c1ccc([N+](=O)[O-])cc1. The van der Waals surface area contributed by atoms with Crippen LogP contribution >= 0.6 is 0 Å². The van der Waals surface area contributed by atoms with Crippen molar-refractivity contribution in [2.75, 3.05) is 0 Å². The topological polar surface area (TPSA) is 147 Å². The van der Waals surface area contributed by atoms with Crippen molar-refractivity contribution in [2.45, 2.75) is 16.9 Å². The third-order valence-electron chi connectivity index (χ3n) is 5.60. The van der Waals surface area contributed by atoms with Crippen LogP contribution in [0.5, 0.6) is 0 Å². The molecule has 170 valence electrons. The molecule has 0 spiro atoms. The average Bonchev–Trinajstić information content (AvgIpc) is 3.17. The van der Waals surface area contributed by atoms with Crippen LogP contribution in [-0.2, 0) is 10.0 Å². The van der Waals surface area contributed by atoms with E-state index in [0.29, 0.717) is 5.56 Å². The van der Waals surface area contributed by atoms with Crippen LogP contribution in [0, 0.1) is 21.4 Å². The first kappa shape index (κ1) is 22.7. The summed E-state index contributed by atoms with van der Waals surface area (Å²) in [5, 5.41) is 21.0. The fourth-order valence-electron chi connectivity index (χ4n) is 4.02. The maximum absolute atomic E-state index is 13.7. The second kappa shape index (κ2) is 8.80. The van der Waals surface area contributed by atoms with Crippen molar-refractivity contribution < 1.29 is 18.1 Å². The minimum Gasteiger partial charge on any atom is -0.384 e. The van der Waals surface area contributed by atoms with E-state index >= 15 is 0 Å². The number of nitrogens with zero attached hydrogens (tertiary/aromatic N) is 3. The molecule has 4 rings (SSSR count). The largest absolute Gasteiger partial charge is 0.384 e. The van der Waals surface area contributed by atoms with E-state index in [0.717, 1.165) is 4.31 Å². The third-order valence-corrected chi connectivity index (χ3v) is 7.41. The molecule has 3 aromatic rings. The number of carbonyl (C=O) groups excluding carboxylic acids is 1. The molecular formula is C24H18N4O5S. The molecule has 0 aromatic heterocycles. The summed E-state index contributed by atoms with van der Waals surface area (Å²) >= 11 is 0.